The number of amides is 1. The molecule has 1 unspecified atom stereocenters. The summed E-state index contributed by atoms with van der Waals surface area (Å²) >= 11 is 0. The normalized spacial score (nSPS) is 20.4. The third-order valence-corrected chi connectivity index (χ3v) is 3.82. The second-order valence-electron chi connectivity index (χ2n) is 5.43. The predicted molar refractivity (Wildman–Crippen MR) is 79.9 cm³/mol. The lowest BCUT2D eigenvalue weighted by atomic mass is 9.99. The summed E-state index contributed by atoms with van der Waals surface area (Å²) in [6, 6.07) is 9.17. The fourth-order valence-corrected chi connectivity index (χ4v) is 2.47. The molecule has 1 saturated heterocycles. The molecule has 23 heavy (non-hydrogen) atoms. The monoisotopic (exact) mass is 316 g/mol. The number of rotatable bonds is 4. The topological polar surface area (TPSA) is 102 Å². The minimum Gasteiger partial charge on any atom is -0.479 e. The number of carboxylic acids is 1. The molecule has 0 saturated carbocycles. The number of oxazole rings is 1. The Morgan fingerprint density at radius 1 is 1.30 bits per heavy atom. The van der Waals surface area contributed by atoms with Gasteiger partial charge in [-0.2, -0.15) is 0 Å². The Balaban J connectivity index is 1.86. The number of aromatic nitrogens is 1. The van der Waals surface area contributed by atoms with Crippen LogP contribution in [0, 0.1) is 6.92 Å². The molecule has 1 aromatic carbocycles. The van der Waals surface area contributed by atoms with Crippen molar-refractivity contribution in [2.75, 3.05) is 13.2 Å². The minimum atomic E-state index is -1.41. The van der Waals surface area contributed by atoms with Gasteiger partial charge in [-0.15, -0.1) is 0 Å². The van der Waals surface area contributed by atoms with E-state index in [1.54, 1.807) is 6.92 Å². The maximum atomic E-state index is 12.4. The highest BCUT2D eigenvalue weighted by atomic mass is 16.5. The average Bonchev–Trinajstić information content (AvgIpc) is 3.16. The van der Waals surface area contributed by atoms with Gasteiger partial charge < -0.3 is 19.6 Å². The average molecular weight is 316 g/mol. The fourth-order valence-electron chi connectivity index (χ4n) is 2.47. The Morgan fingerprint density at radius 3 is 2.65 bits per heavy atom. The van der Waals surface area contributed by atoms with Crippen LogP contribution >= 0.6 is 0 Å². The van der Waals surface area contributed by atoms with Crippen molar-refractivity contribution in [2.45, 2.75) is 18.9 Å². The maximum absolute atomic E-state index is 12.4. The second-order valence-corrected chi connectivity index (χ2v) is 5.43. The van der Waals surface area contributed by atoms with Crippen LogP contribution in [0.1, 0.15) is 22.7 Å². The summed E-state index contributed by atoms with van der Waals surface area (Å²) in [7, 11) is 0. The van der Waals surface area contributed by atoms with Crippen LogP contribution in [0.4, 0.5) is 0 Å². The number of hydrogen-bond donors (Lipinski definition) is 2. The van der Waals surface area contributed by atoms with Crippen molar-refractivity contribution in [3.8, 4) is 11.5 Å². The molecule has 2 aromatic rings. The van der Waals surface area contributed by atoms with Gasteiger partial charge in [-0.05, 0) is 19.1 Å². The van der Waals surface area contributed by atoms with Crippen LogP contribution < -0.4 is 5.32 Å². The van der Waals surface area contributed by atoms with Crippen molar-refractivity contribution in [3.05, 3.63) is 41.8 Å². The van der Waals surface area contributed by atoms with Crippen LogP contribution in [-0.4, -0.2) is 40.7 Å². The molecule has 0 radical (unpaired) electrons. The zero-order chi connectivity index (χ0) is 16.4. The standard InChI is InChI=1S/C16H16N2O5/c1-10-12(17-14(23-10)11-5-3-2-4-6-11)13(19)18-16(15(20)21)7-8-22-9-16/h2-6H,7-9H2,1H3,(H,18,19)(H,20,21). The SMILES string of the molecule is Cc1oc(-c2ccccc2)nc1C(=O)NC1(C(=O)O)CCOC1. The number of carboxylic acid groups (broad SMARTS) is 1. The Kier molecular flexibility index (Phi) is 3.87. The van der Waals surface area contributed by atoms with Crippen LogP contribution in [0.5, 0.6) is 0 Å². The number of aryl methyl sites for hydroxylation is 1. The van der Waals surface area contributed by atoms with Crippen molar-refractivity contribution in [3.63, 3.8) is 0 Å². The number of nitrogens with zero attached hydrogens (tertiary/aromatic N) is 1. The summed E-state index contributed by atoms with van der Waals surface area (Å²) in [5.74, 6) is -1.05. The van der Waals surface area contributed by atoms with E-state index in [1.807, 2.05) is 30.3 Å². The third kappa shape index (κ3) is 2.83. The van der Waals surface area contributed by atoms with Gasteiger partial charge in [0.1, 0.15) is 5.76 Å². The van der Waals surface area contributed by atoms with Gasteiger partial charge >= 0.3 is 5.97 Å². The summed E-state index contributed by atoms with van der Waals surface area (Å²) in [6.07, 6.45) is 0.219. The van der Waals surface area contributed by atoms with Gasteiger partial charge in [-0.3, -0.25) is 4.79 Å². The van der Waals surface area contributed by atoms with Crippen LogP contribution in [0.25, 0.3) is 11.5 Å². The van der Waals surface area contributed by atoms with Gasteiger partial charge in [0.2, 0.25) is 5.89 Å². The first-order valence-corrected chi connectivity index (χ1v) is 7.18. The lowest BCUT2D eigenvalue weighted by Gasteiger charge is -2.23. The van der Waals surface area contributed by atoms with Crippen molar-refractivity contribution >= 4 is 11.9 Å². The number of aliphatic carboxylic acids is 1. The molecule has 120 valence electrons. The van der Waals surface area contributed by atoms with E-state index in [9.17, 15) is 14.7 Å². The van der Waals surface area contributed by atoms with Crippen LogP contribution in [0.2, 0.25) is 0 Å². The zero-order valence-corrected chi connectivity index (χ0v) is 12.5. The van der Waals surface area contributed by atoms with E-state index in [1.165, 1.54) is 0 Å². The number of ether oxygens (including phenoxy) is 1. The Hall–Kier alpha value is -2.67. The molecule has 1 amide bonds. The molecule has 0 bridgehead atoms. The van der Waals surface area contributed by atoms with Crippen molar-refractivity contribution in [2.24, 2.45) is 0 Å². The summed E-state index contributed by atoms with van der Waals surface area (Å²) in [4.78, 5) is 28.1. The molecule has 0 aliphatic carbocycles. The summed E-state index contributed by atoms with van der Waals surface area (Å²) in [6.45, 7) is 1.85. The molecule has 1 aliphatic rings. The number of nitrogens with one attached hydrogen (secondary N) is 1. The van der Waals surface area contributed by atoms with Gasteiger partial charge in [0, 0.05) is 18.6 Å². The lowest BCUT2D eigenvalue weighted by molar-refractivity contribution is -0.144. The largest absolute Gasteiger partial charge is 0.479 e. The van der Waals surface area contributed by atoms with E-state index >= 15 is 0 Å². The molecular weight excluding hydrogens is 300 g/mol. The molecule has 2 N–H and O–H groups in total. The molecule has 7 heteroatoms. The van der Waals surface area contributed by atoms with Crippen molar-refractivity contribution < 1.29 is 23.8 Å². The van der Waals surface area contributed by atoms with E-state index in [-0.39, 0.29) is 18.7 Å². The van der Waals surface area contributed by atoms with E-state index in [0.29, 0.717) is 18.3 Å². The third-order valence-electron chi connectivity index (χ3n) is 3.82. The van der Waals surface area contributed by atoms with E-state index in [4.69, 9.17) is 9.15 Å². The first-order chi connectivity index (χ1) is 11.0. The first-order valence-electron chi connectivity index (χ1n) is 7.18. The molecule has 2 heterocycles. The molecule has 7 nitrogen and oxygen atoms in total. The fraction of sp³-hybridized carbons (Fsp3) is 0.312. The van der Waals surface area contributed by atoms with Crippen LogP contribution in [-0.2, 0) is 9.53 Å². The number of benzene rings is 1. The maximum Gasteiger partial charge on any atom is 0.331 e. The van der Waals surface area contributed by atoms with E-state index in [0.717, 1.165) is 5.56 Å². The van der Waals surface area contributed by atoms with Crippen LogP contribution in [0.15, 0.2) is 34.7 Å². The Morgan fingerprint density at radius 2 is 2.04 bits per heavy atom. The Bertz CT molecular complexity index is 732. The Labute approximate surface area is 132 Å². The first kappa shape index (κ1) is 15.2. The second kappa shape index (κ2) is 5.85. The van der Waals surface area contributed by atoms with Gasteiger partial charge in [0.15, 0.2) is 11.2 Å². The smallest absolute Gasteiger partial charge is 0.331 e. The minimum absolute atomic E-state index is 0.0590. The molecule has 1 aromatic heterocycles. The summed E-state index contributed by atoms with van der Waals surface area (Å²) in [5.41, 5.74) is -0.585. The molecule has 0 spiro atoms. The number of carbonyl (C=O) groups excluding carboxylic acids is 1. The predicted octanol–water partition coefficient (Wildman–Crippen LogP) is 1.62. The molecule has 1 fully saturated rings. The van der Waals surface area contributed by atoms with Crippen molar-refractivity contribution in [1.29, 1.82) is 0 Å². The highest BCUT2D eigenvalue weighted by Gasteiger charge is 2.44. The van der Waals surface area contributed by atoms with Gasteiger partial charge in [0.05, 0.1) is 6.61 Å². The van der Waals surface area contributed by atoms with Gasteiger partial charge in [0.25, 0.3) is 5.91 Å². The van der Waals surface area contributed by atoms with Crippen LogP contribution in [0.3, 0.4) is 0 Å². The highest BCUT2D eigenvalue weighted by molar-refractivity contribution is 5.97. The number of hydrogen-bond acceptors (Lipinski definition) is 5. The molecule has 3 rings (SSSR count). The molecule has 1 atom stereocenters. The van der Waals surface area contributed by atoms with Gasteiger partial charge in [-0.1, -0.05) is 18.2 Å². The molecular formula is C16H16N2O5. The summed E-state index contributed by atoms with van der Waals surface area (Å²) in [5, 5.41) is 11.9. The zero-order valence-electron chi connectivity index (χ0n) is 12.5. The quantitative estimate of drug-likeness (QED) is 0.889. The number of carbonyl (C=O) groups is 2. The van der Waals surface area contributed by atoms with Gasteiger partial charge in [-0.25, -0.2) is 9.78 Å². The highest BCUT2D eigenvalue weighted by Crippen LogP contribution is 2.23. The summed E-state index contributed by atoms with van der Waals surface area (Å²) < 4.78 is 10.7. The van der Waals surface area contributed by atoms with E-state index < -0.39 is 17.4 Å². The van der Waals surface area contributed by atoms with Crippen molar-refractivity contribution in [1.82, 2.24) is 10.3 Å². The lowest BCUT2D eigenvalue weighted by Crippen LogP contribution is -2.55. The van der Waals surface area contributed by atoms with E-state index in [2.05, 4.69) is 10.3 Å². The molecule has 1 aliphatic heterocycles.